The summed E-state index contributed by atoms with van der Waals surface area (Å²) < 4.78 is 33.2. The largest absolute Gasteiger partial charge is 0.441 e. The number of benzene rings is 2. The van der Waals surface area contributed by atoms with E-state index in [9.17, 15) is 23.7 Å². The Hall–Kier alpha value is -3.82. The number of carbonyl (C=O) groups is 1. The normalized spacial score (nSPS) is 13.9. The van der Waals surface area contributed by atoms with Crippen molar-refractivity contribution in [2.24, 2.45) is 0 Å². The number of nitrogens with zero attached hydrogens (tertiary/aromatic N) is 4. The second-order valence-corrected chi connectivity index (χ2v) is 7.36. The molecule has 0 radical (unpaired) electrons. The summed E-state index contributed by atoms with van der Waals surface area (Å²) in [5, 5.41) is 10.8. The number of anilines is 1. The first-order valence-electron chi connectivity index (χ1n) is 10.1. The van der Waals surface area contributed by atoms with Crippen LogP contribution in [0.2, 0.25) is 0 Å². The van der Waals surface area contributed by atoms with Crippen LogP contribution in [0.3, 0.4) is 0 Å². The highest BCUT2D eigenvalue weighted by Gasteiger charge is 2.22. The minimum absolute atomic E-state index is 0.0141. The average molecular weight is 442 g/mol. The monoisotopic (exact) mass is 442 g/mol. The Morgan fingerprint density at radius 2 is 1.72 bits per heavy atom. The predicted octanol–water partition coefficient (Wildman–Crippen LogP) is 3.81. The fourth-order valence-corrected chi connectivity index (χ4v) is 3.65. The van der Waals surface area contributed by atoms with Crippen LogP contribution in [0.5, 0.6) is 0 Å². The van der Waals surface area contributed by atoms with E-state index in [0.717, 1.165) is 17.8 Å². The Balaban J connectivity index is 1.29. The van der Waals surface area contributed by atoms with Crippen molar-refractivity contribution in [2.75, 3.05) is 31.1 Å². The van der Waals surface area contributed by atoms with E-state index in [1.165, 1.54) is 24.4 Å². The van der Waals surface area contributed by atoms with Crippen LogP contribution in [0, 0.1) is 21.7 Å². The Bertz CT molecular complexity index is 1100. The van der Waals surface area contributed by atoms with Crippen molar-refractivity contribution < 1.29 is 22.9 Å². The maximum atomic E-state index is 13.9. The molecule has 0 atom stereocenters. The average Bonchev–Trinajstić information content (AvgIpc) is 3.26. The van der Waals surface area contributed by atoms with Gasteiger partial charge in [0.2, 0.25) is 5.91 Å². The summed E-state index contributed by atoms with van der Waals surface area (Å²) in [6.45, 7) is 2.26. The van der Waals surface area contributed by atoms with Crippen LogP contribution >= 0.6 is 0 Å². The zero-order valence-corrected chi connectivity index (χ0v) is 17.0. The molecule has 1 aliphatic heterocycles. The molecule has 10 heteroatoms. The lowest BCUT2D eigenvalue weighted by Crippen LogP contribution is -2.48. The smallest absolute Gasteiger partial charge is 0.269 e. The molecule has 1 saturated heterocycles. The van der Waals surface area contributed by atoms with Gasteiger partial charge in [-0.2, -0.15) is 0 Å². The molecule has 1 amide bonds. The molecule has 0 aliphatic carbocycles. The summed E-state index contributed by atoms with van der Waals surface area (Å²) in [7, 11) is 0. The lowest BCUT2D eigenvalue weighted by Gasteiger charge is -2.36. The molecular formula is C22H20F2N4O4. The van der Waals surface area contributed by atoms with Crippen molar-refractivity contribution in [3.63, 3.8) is 0 Å². The Labute approximate surface area is 182 Å². The van der Waals surface area contributed by atoms with Gasteiger partial charge in [-0.1, -0.05) is 6.07 Å². The molecule has 32 heavy (non-hydrogen) atoms. The number of oxazole rings is 1. The molecule has 1 aromatic heterocycles. The molecule has 0 bridgehead atoms. The van der Waals surface area contributed by atoms with Crippen LogP contribution in [-0.2, 0) is 11.2 Å². The van der Waals surface area contributed by atoms with Gasteiger partial charge in [0.05, 0.1) is 16.7 Å². The van der Waals surface area contributed by atoms with Crippen LogP contribution in [0.1, 0.15) is 12.3 Å². The topological polar surface area (TPSA) is 92.7 Å². The van der Waals surface area contributed by atoms with Gasteiger partial charge in [0.15, 0.2) is 11.7 Å². The van der Waals surface area contributed by atoms with Crippen molar-refractivity contribution in [3.05, 3.63) is 76.3 Å². The third-order valence-electron chi connectivity index (χ3n) is 5.37. The van der Waals surface area contributed by atoms with Crippen LogP contribution < -0.4 is 4.90 Å². The molecule has 2 aromatic carbocycles. The maximum Gasteiger partial charge on any atom is 0.269 e. The van der Waals surface area contributed by atoms with E-state index >= 15 is 0 Å². The molecule has 0 saturated carbocycles. The summed E-state index contributed by atoms with van der Waals surface area (Å²) >= 11 is 0. The highest BCUT2D eigenvalue weighted by molar-refractivity contribution is 5.76. The van der Waals surface area contributed by atoms with E-state index < -0.39 is 16.6 Å². The van der Waals surface area contributed by atoms with Crippen molar-refractivity contribution in [2.45, 2.75) is 12.8 Å². The van der Waals surface area contributed by atoms with Crippen LogP contribution in [0.15, 0.2) is 53.1 Å². The molecule has 1 aliphatic rings. The first kappa shape index (κ1) is 21.4. The summed E-state index contributed by atoms with van der Waals surface area (Å²) in [5.74, 6) is -1.32. The van der Waals surface area contributed by atoms with E-state index in [-0.39, 0.29) is 41.7 Å². The molecule has 3 aromatic rings. The van der Waals surface area contributed by atoms with E-state index in [1.807, 2.05) is 0 Å². The molecular weight excluding hydrogens is 422 g/mol. The van der Waals surface area contributed by atoms with E-state index in [1.54, 1.807) is 17.0 Å². The van der Waals surface area contributed by atoms with Gasteiger partial charge in [-0.25, -0.2) is 13.8 Å². The number of amides is 1. The molecule has 2 heterocycles. The van der Waals surface area contributed by atoms with Crippen LogP contribution in [0.25, 0.3) is 11.3 Å². The summed E-state index contributed by atoms with van der Waals surface area (Å²) in [4.78, 5) is 30.7. The molecule has 166 valence electrons. The molecule has 1 fully saturated rings. The van der Waals surface area contributed by atoms with Gasteiger partial charge in [0, 0.05) is 56.8 Å². The van der Waals surface area contributed by atoms with Crippen molar-refractivity contribution in [3.8, 4) is 11.3 Å². The highest BCUT2D eigenvalue weighted by Crippen LogP contribution is 2.27. The van der Waals surface area contributed by atoms with Crippen molar-refractivity contribution in [1.82, 2.24) is 9.88 Å². The number of hydrogen-bond acceptors (Lipinski definition) is 6. The third-order valence-corrected chi connectivity index (χ3v) is 5.37. The second-order valence-electron chi connectivity index (χ2n) is 7.36. The number of carbonyl (C=O) groups excluding carboxylic acids is 1. The summed E-state index contributed by atoms with van der Waals surface area (Å²) in [5.41, 5.74) is 0.630. The van der Waals surface area contributed by atoms with Gasteiger partial charge in [0.1, 0.15) is 11.6 Å². The number of piperazine rings is 1. The lowest BCUT2D eigenvalue weighted by atomic mass is 10.1. The first-order valence-corrected chi connectivity index (χ1v) is 10.1. The SMILES string of the molecule is O=C(CCc1ncc(-c2c(F)cccc2F)o1)N1CCN(c2ccc([N+](=O)[O-])cc2)CC1. The fourth-order valence-electron chi connectivity index (χ4n) is 3.65. The van der Waals surface area contributed by atoms with Gasteiger partial charge < -0.3 is 14.2 Å². The van der Waals surface area contributed by atoms with Gasteiger partial charge in [-0.15, -0.1) is 0 Å². The van der Waals surface area contributed by atoms with Gasteiger partial charge in [-0.3, -0.25) is 14.9 Å². The number of rotatable bonds is 6. The lowest BCUT2D eigenvalue weighted by molar-refractivity contribution is -0.384. The second kappa shape index (κ2) is 9.13. The molecule has 0 spiro atoms. The maximum absolute atomic E-state index is 13.9. The quantitative estimate of drug-likeness (QED) is 0.426. The van der Waals surface area contributed by atoms with E-state index in [4.69, 9.17) is 4.42 Å². The molecule has 8 nitrogen and oxygen atoms in total. The van der Waals surface area contributed by atoms with Crippen LogP contribution in [0.4, 0.5) is 20.2 Å². The zero-order chi connectivity index (χ0) is 22.7. The zero-order valence-electron chi connectivity index (χ0n) is 17.0. The summed E-state index contributed by atoms with van der Waals surface area (Å²) in [6.07, 6.45) is 1.64. The van der Waals surface area contributed by atoms with Gasteiger partial charge >= 0.3 is 0 Å². The van der Waals surface area contributed by atoms with Crippen molar-refractivity contribution in [1.29, 1.82) is 0 Å². The van der Waals surface area contributed by atoms with Gasteiger partial charge in [0.25, 0.3) is 5.69 Å². The Kier molecular flexibility index (Phi) is 6.11. The summed E-state index contributed by atoms with van der Waals surface area (Å²) in [6, 6.07) is 9.88. The van der Waals surface area contributed by atoms with Crippen molar-refractivity contribution >= 4 is 17.3 Å². The highest BCUT2D eigenvalue weighted by atomic mass is 19.1. The number of hydrogen-bond donors (Lipinski definition) is 0. The first-order chi connectivity index (χ1) is 15.4. The standard InChI is InChI=1S/C22H20F2N4O4/c23-17-2-1-3-18(24)22(17)19-14-25-20(32-19)8-9-21(29)27-12-10-26(11-13-27)15-4-6-16(7-5-15)28(30)31/h1-7,14H,8-13H2. The van der Waals surface area contributed by atoms with Crippen LogP contribution in [-0.4, -0.2) is 46.9 Å². The van der Waals surface area contributed by atoms with E-state index in [0.29, 0.717) is 26.2 Å². The third kappa shape index (κ3) is 4.58. The number of non-ortho nitro benzene ring substituents is 1. The Morgan fingerprint density at radius 3 is 2.34 bits per heavy atom. The van der Waals surface area contributed by atoms with Gasteiger partial charge in [-0.05, 0) is 24.3 Å². The fraction of sp³-hybridized carbons (Fsp3) is 0.273. The number of aromatic nitrogens is 1. The number of nitro benzene ring substituents is 1. The minimum Gasteiger partial charge on any atom is -0.441 e. The number of nitro groups is 1. The molecule has 0 N–H and O–H groups in total. The minimum atomic E-state index is -0.741. The predicted molar refractivity (Wildman–Crippen MR) is 112 cm³/mol. The molecule has 0 unspecified atom stereocenters. The van der Waals surface area contributed by atoms with E-state index in [2.05, 4.69) is 9.88 Å². The number of halogens is 2. The molecule has 4 rings (SSSR count). The Morgan fingerprint density at radius 1 is 1.06 bits per heavy atom. The number of aryl methyl sites for hydroxylation is 1.